The average Bonchev–Trinajstić information content (AvgIpc) is 2.37. The summed E-state index contributed by atoms with van der Waals surface area (Å²) in [4.78, 5) is 27.9. The summed E-state index contributed by atoms with van der Waals surface area (Å²) in [6.45, 7) is 2.65. The summed E-state index contributed by atoms with van der Waals surface area (Å²) in [5.41, 5.74) is -0.171. The highest BCUT2D eigenvalue weighted by Crippen LogP contribution is 2.39. The quantitative estimate of drug-likeness (QED) is 0.775. The van der Waals surface area contributed by atoms with Crippen molar-refractivity contribution in [2.24, 2.45) is 0 Å². The lowest BCUT2D eigenvalue weighted by molar-refractivity contribution is -0.136. The second-order valence-corrected chi connectivity index (χ2v) is 5.70. The zero-order chi connectivity index (χ0) is 13.2. The number of nitrogens with zero attached hydrogens (tertiary/aromatic N) is 2. The van der Waals surface area contributed by atoms with Crippen molar-refractivity contribution < 1.29 is 9.59 Å². The van der Waals surface area contributed by atoms with E-state index in [1.165, 1.54) is 11.3 Å². The lowest BCUT2D eigenvalue weighted by atomic mass is 9.77. The van der Waals surface area contributed by atoms with Gasteiger partial charge in [-0.15, -0.1) is 0 Å². The molecule has 0 N–H and O–H groups in total. The van der Waals surface area contributed by atoms with E-state index in [-0.39, 0.29) is 17.5 Å². The second-order valence-electron chi connectivity index (χ2n) is 5.70. The van der Waals surface area contributed by atoms with E-state index in [0.29, 0.717) is 13.0 Å². The van der Waals surface area contributed by atoms with Crippen molar-refractivity contribution in [3.63, 3.8) is 0 Å². The fourth-order valence-electron chi connectivity index (χ4n) is 3.24. The molecule has 2 fully saturated rings. The maximum absolute atomic E-state index is 12.3. The van der Waals surface area contributed by atoms with Crippen LogP contribution in [0.1, 0.15) is 58.3 Å². The van der Waals surface area contributed by atoms with E-state index in [1.807, 2.05) is 11.9 Å². The van der Waals surface area contributed by atoms with Crippen LogP contribution in [-0.4, -0.2) is 40.9 Å². The van der Waals surface area contributed by atoms with Gasteiger partial charge in [-0.25, -0.2) is 4.79 Å². The second kappa shape index (κ2) is 5.29. The first kappa shape index (κ1) is 13.4. The molecule has 1 heterocycles. The van der Waals surface area contributed by atoms with E-state index in [0.717, 1.165) is 38.5 Å². The first-order valence-corrected chi connectivity index (χ1v) is 7.19. The fourth-order valence-corrected chi connectivity index (χ4v) is 3.24. The Labute approximate surface area is 109 Å². The Morgan fingerprint density at radius 3 is 2.44 bits per heavy atom. The molecule has 1 aliphatic carbocycles. The minimum Gasteiger partial charge on any atom is -0.321 e. The van der Waals surface area contributed by atoms with Crippen LogP contribution in [-0.2, 0) is 4.79 Å². The topological polar surface area (TPSA) is 40.6 Å². The van der Waals surface area contributed by atoms with Gasteiger partial charge in [0, 0.05) is 13.6 Å². The van der Waals surface area contributed by atoms with Crippen LogP contribution in [0.25, 0.3) is 0 Å². The molecule has 1 saturated heterocycles. The average molecular weight is 252 g/mol. The van der Waals surface area contributed by atoms with Crippen molar-refractivity contribution in [1.29, 1.82) is 0 Å². The maximum atomic E-state index is 12.3. The molecule has 0 aromatic heterocycles. The normalized spacial score (nSPS) is 23.9. The van der Waals surface area contributed by atoms with Crippen molar-refractivity contribution in [2.45, 2.75) is 63.8 Å². The van der Waals surface area contributed by atoms with Gasteiger partial charge in [0.15, 0.2) is 0 Å². The number of rotatable bonds is 3. The van der Waals surface area contributed by atoms with Gasteiger partial charge in [-0.2, -0.15) is 0 Å². The third-order valence-corrected chi connectivity index (χ3v) is 4.53. The fraction of sp³-hybridized carbons (Fsp3) is 0.857. The molecular formula is C14H24N2O2. The van der Waals surface area contributed by atoms with Crippen LogP contribution in [0.5, 0.6) is 0 Å². The Morgan fingerprint density at radius 1 is 1.17 bits per heavy atom. The monoisotopic (exact) mass is 252 g/mol. The molecule has 0 atom stereocenters. The molecule has 1 spiro atoms. The Morgan fingerprint density at radius 2 is 1.83 bits per heavy atom. The molecule has 0 aromatic carbocycles. The molecule has 0 unspecified atom stereocenters. The Hall–Kier alpha value is -1.06. The first-order chi connectivity index (χ1) is 8.60. The van der Waals surface area contributed by atoms with E-state index in [9.17, 15) is 9.59 Å². The summed E-state index contributed by atoms with van der Waals surface area (Å²) in [5, 5.41) is 0. The first-order valence-electron chi connectivity index (χ1n) is 7.19. The van der Waals surface area contributed by atoms with E-state index < -0.39 is 0 Å². The maximum Gasteiger partial charge on any atom is 0.326 e. The Kier molecular flexibility index (Phi) is 3.93. The molecule has 1 aliphatic heterocycles. The zero-order valence-corrected chi connectivity index (χ0v) is 11.6. The van der Waals surface area contributed by atoms with Gasteiger partial charge in [0.25, 0.3) is 0 Å². The molecule has 18 heavy (non-hydrogen) atoms. The molecule has 4 nitrogen and oxygen atoms in total. The molecule has 102 valence electrons. The molecular weight excluding hydrogens is 228 g/mol. The van der Waals surface area contributed by atoms with Crippen LogP contribution in [0.15, 0.2) is 0 Å². The largest absolute Gasteiger partial charge is 0.326 e. The van der Waals surface area contributed by atoms with Gasteiger partial charge in [0.05, 0.1) is 12.0 Å². The van der Waals surface area contributed by atoms with Crippen LogP contribution < -0.4 is 0 Å². The number of hydrogen-bond donors (Lipinski definition) is 0. The molecule has 0 bridgehead atoms. The van der Waals surface area contributed by atoms with Crippen LogP contribution in [0.4, 0.5) is 4.79 Å². The number of imide groups is 1. The van der Waals surface area contributed by atoms with Gasteiger partial charge in [-0.1, -0.05) is 32.6 Å². The summed E-state index contributed by atoms with van der Waals surface area (Å²) in [7, 11) is 1.87. The molecule has 2 rings (SSSR count). The van der Waals surface area contributed by atoms with E-state index in [1.54, 1.807) is 0 Å². The van der Waals surface area contributed by atoms with Crippen LogP contribution in [0, 0.1) is 0 Å². The summed E-state index contributed by atoms with van der Waals surface area (Å²) in [5.74, 6) is 0.0356. The van der Waals surface area contributed by atoms with Gasteiger partial charge in [-0.05, 0) is 19.3 Å². The molecule has 0 radical (unpaired) electrons. The predicted octanol–water partition coefficient (Wildman–Crippen LogP) is 2.77. The van der Waals surface area contributed by atoms with Crippen LogP contribution >= 0.6 is 0 Å². The smallest absolute Gasteiger partial charge is 0.321 e. The molecule has 2 aliphatic rings. The summed E-state index contributed by atoms with van der Waals surface area (Å²) < 4.78 is 0. The number of unbranched alkanes of at least 4 members (excludes halogenated alkanes) is 1. The third-order valence-electron chi connectivity index (χ3n) is 4.53. The number of carbonyl (C=O) groups is 2. The van der Waals surface area contributed by atoms with E-state index in [2.05, 4.69) is 6.92 Å². The highest BCUT2D eigenvalue weighted by atomic mass is 16.2. The molecule has 3 amide bonds. The Bertz CT molecular complexity index is 335. The van der Waals surface area contributed by atoms with Gasteiger partial charge in [0.1, 0.15) is 0 Å². The minimum atomic E-state index is -0.171. The van der Waals surface area contributed by atoms with Crippen LogP contribution in [0.3, 0.4) is 0 Å². The van der Waals surface area contributed by atoms with Gasteiger partial charge in [-0.3, -0.25) is 9.69 Å². The summed E-state index contributed by atoms with van der Waals surface area (Å²) in [6.07, 6.45) is 7.92. The van der Waals surface area contributed by atoms with Crippen molar-refractivity contribution in [3.05, 3.63) is 0 Å². The number of carbonyl (C=O) groups excluding carboxylic acids is 2. The molecule has 1 saturated carbocycles. The van der Waals surface area contributed by atoms with Gasteiger partial charge in [0.2, 0.25) is 5.91 Å². The zero-order valence-electron chi connectivity index (χ0n) is 11.6. The third kappa shape index (κ3) is 2.25. The predicted molar refractivity (Wildman–Crippen MR) is 70.2 cm³/mol. The lowest BCUT2D eigenvalue weighted by Crippen LogP contribution is -2.63. The van der Waals surface area contributed by atoms with Crippen molar-refractivity contribution in [2.75, 3.05) is 13.6 Å². The van der Waals surface area contributed by atoms with Gasteiger partial charge >= 0.3 is 6.03 Å². The summed E-state index contributed by atoms with van der Waals surface area (Å²) in [6, 6.07) is -0.0819. The summed E-state index contributed by atoms with van der Waals surface area (Å²) >= 11 is 0. The van der Waals surface area contributed by atoms with Crippen molar-refractivity contribution in [3.8, 4) is 0 Å². The Balaban J connectivity index is 2.12. The highest BCUT2D eigenvalue weighted by Gasteiger charge is 2.47. The minimum absolute atomic E-state index is 0.0356. The SMILES string of the molecule is CCCCN1C(=O)CC2(CCCCC2)N(C)C1=O. The van der Waals surface area contributed by atoms with Crippen LogP contribution in [0.2, 0.25) is 0 Å². The molecule has 0 aromatic rings. The molecule has 4 heteroatoms. The number of urea groups is 1. The van der Waals surface area contributed by atoms with Gasteiger partial charge < -0.3 is 4.90 Å². The highest BCUT2D eigenvalue weighted by molar-refractivity contribution is 5.98. The van der Waals surface area contributed by atoms with Crippen molar-refractivity contribution >= 4 is 11.9 Å². The standard InChI is InChI=1S/C14H24N2O2/c1-3-4-10-16-12(17)11-14(15(2)13(16)18)8-6-5-7-9-14/h3-11H2,1-2H3. The van der Waals surface area contributed by atoms with E-state index in [4.69, 9.17) is 0 Å². The lowest BCUT2D eigenvalue weighted by Gasteiger charge is -2.49. The number of hydrogen-bond acceptors (Lipinski definition) is 2. The number of amides is 3. The van der Waals surface area contributed by atoms with E-state index >= 15 is 0 Å². The van der Waals surface area contributed by atoms with Crippen molar-refractivity contribution in [1.82, 2.24) is 9.80 Å².